The Morgan fingerprint density at radius 2 is 0.481 bits per heavy atom. The van der Waals surface area contributed by atoms with Crippen LogP contribution in [0.5, 0.6) is 0 Å². The molecule has 374 valence electrons. The van der Waals surface area contributed by atoms with Gasteiger partial charge in [0.25, 0.3) is 0 Å². The molecule has 0 aliphatic carbocycles. The first-order valence-corrected chi connectivity index (χ1v) is 26.7. The Labute approximate surface area is 461 Å². The summed E-state index contributed by atoms with van der Waals surface area (Å²) in [5, 5.41) is 3.75. The monoisotopic (exact) mass is 1010 g/mol. The average molecular weight is 1010 g/mol. The molecule has 0 fully saturated rings. The van der Waals surface area contributed by atoms with Crippen molar-refractivity contribution in [1.82, 2.24) is 25.3 Å². The second kappa shape index (κ2) is 21.7. The van der Waals surface area contributed by atoms with Crippen LogP contribution in [0.2, 0.25) is 0 Å². The van der Waals surface area contributed by atoms with Crippen molar-refractivity contribution in [3.05, 3.63) is 303 Å². The Bertz CT molecular complexity index is 4020. The van der Waals surface area contributed by atoms with Crippen molar-refractivity contribution in [1.29, 1.82) is 0 Å². The van der Waals surface area contributed by atoms with E-state index in [1.165, 1.54) is 11.1 Å². The van der Waals surface area contributed by atoms with E-state index in [0.717, 1.165) is 122 Å². The van der Waals surface area contributed by atoms with Crippen LogP contribution in [0.15, 0.2) is 292 Å². The van der Waals surface area contributed by atoms with Gasteiger partial charge >= 0.3 is 0 Å². The normalized spacial score (nSPS) is 13.0. The van der Waals surface area contributed by atoms with Crippen molar-refractivity contribution in [2.24, 2.45) is 0 Å². The molecule has 8 aromatic carbocycles. The lowest BCUT2D eigenvalue weighted by Crippen LogP contribution is -2.25. The summed E-state index contributed by atoms with van der Waals surface area (Å²) >= 11 is 0. The molecule has 0 spiro atoms. The summed E-state index contributed by atoms with van der Waals surface area (Å²) in [6.07, 6.45) is 19.5. The van der Waals surface area contributed by atoms with Crippen molar-refractivity contribution in [3.63, 3.8) is 0 Å². The highest BCUT2D eigenvalue weighted by molar-refractivity contribution is 5.92. The first-order valence-electron chi connectivity index (χ1n) is 26.7. The lowest BCUT2D eigenvalue weighted by atomic mass is 9.88. The fourth-order valence-electron chi connectivity index (χ4n) is 10.8. The summed E-state index contributed by atoms with van der Waals surface area (Å²) in [4.78, 5) is 17.7. The van der Waals surface area contributed by atoms with Gasteiger partial charge in [0.1, 0.15) is 0 Å². The minimum Gasteiger partial charge on any atom is -0.384 e. The van der Waals surface area contributed by atoms with Crippen LogP contribution in [0.25, 0.3) is 122 Å². The van der Waals surface area contributed by atoms with E-state index in [1.54, 1.807) is 0 Å². The third kappa shape index (κ3) is 10.5. The van der Waals surface area contributed by atoms with E-state index < -0.39 is 0 Å². The van der Waals surface area contributed by atoms with Crippen LogP contribution in [0.4, 0.5) is 0 Å². The Kier molecular flexibility index (Phi) is 13.3. The van der Waals surface area contributed by atoms with E-state index >= 15 is 0 Å². The molecule has 1 N–H and O–H groups in total. The molecule has 0 radical (unpaired) electrons. The van der Waals surface area contributed by atoms with Crippen LogP contribution >= 0.6 is 0 Å². The third-order valence-electron chi connectivity index (χ3n) is 15.0. The number of pyridine rings is 4. The second-order valence-electron chi connectivity index (χ2n) is 20.1. The molecule has 0 bridgehead atoms. The number of nitrogens with one attached hydrogen (secondary N) is 1. The van der Waals surface area contributed by atoms with Gasteiger partial charge in [-0.15, -0.1) is 0 Å². The predicted molar refractivity (Wildman–Crippen MR) is 327 cm³/mol. The summed E-state index contributed by atoms with van der Waals surface area (Å²) in [5.41, 5.74) is 27.2. The van der Waals surface area contributed by atoms with Gasteiger partial charge in [-0.1, -0.05) is 133 Å². The smallest absolute Gasteiger partial charge is 0.0486 e. The van der Waals surface area contributed by atoms with Gasteiger partial charge in [-0.2, -0.15) is 0 Å². The van der Waals surface area contributed by atoms with Crippen LogP contribution in [0.3, 0.4) is 0 Å². The highest BCUT2D eigenvalue weighted by Crippen LogP contribution is 2.40. The van der Waals surface area contributed by atoms with Crippen LogP contribution in [-0.4, -0.2) is 26.0 Å². The zero-order valence-electron chi connectivity index (χ0n) is 43.6. The quantitative estimate of drug-likeness (QED) is 0.132. The third-order valence-corrected chi connectivity index (χ3v) is 15.0. The van der Waals surface area contributed by atoms with E-state index in [2.05, 4.69) is 251 Å². The van der Waals surface area contributed by atoms with Crippen molar-refractivity contribution in [2.45, 2.75) is 13.0 Å². The molecule has 1 aliphatic rings. The second-order valence-corrected chi connectivity index (χ2v) is 20.1. The largest absolute Gasteiger partial charge is 0.384 e. The molecule has 1 unspecified atom stereocenters. The molecule has 5 heterocycles. The number of dihydropyridines is 1. The van der Waals surface area contributed by atoms with E-state index in [4.69, 9.17) is 0 Å². The Morgan fingerprint density at radius 3 is 0.772 bits per heavy atom. The standard InChI is InChI=1S/C74H53N5/c1-50-74(62-23-7-21-60(37-62)72-42-69(57-18-4-14-53(34-57)65-26-10-30-77-47-65)39-70(43-72)58-19-5-15-54(35-58)66-27-11-31-78-48-66)44-73(49-79-50)61-22-6-20-59(36-61)71-40-67(55-16-2-12-51(32-55)63-24-8-28-75-45-63)38-68(41-71)56-17-3-13-52(33-56)64-25-9-29-76-46-64/h2-50,79H,1H3. The highest BCUT2D eigenvalue weighted by Gasteiger charge is 2.19. The van der Waals surface area contributed by atoms with Gasteiger partial charge < -0.3 is 5.32 Å². The van der Waals surface area contributed by atoms with E-state index in [9.17, 15) is 0 Å². The Morgan fingerprint density at radius 1 is 0.253 bits per heavy atom. The molecule has 4 aromatic heterocycles. The molecule has 12 aromatic rings. The highest BCUT2D eigenvalue weighted by atomic mass is 14.9. The van der Waals surface area contributed by atoms with Crippen molar-refractivity contribution >= 4 is 11.1 Å². The fraction of sp³-hybridized carbons (Fsp3) is 0.0270. The molecular weight excluding hydrogens is 959 g/mol. The topological polar surface area (TPSA) is 63.6 Å². The first-order chi connectivity index (χ1) is 39.0. The number of allylic oxidation sites excluding steroid dienone is 2. The van der Waals surface area contributed by atoms with Gasteiger partial charge in [0.15, 0.2) is 0 Å². The molecular formula is C74H53N5. The SMILES string of the molecule is CC1NC=C(c2cccc(-c3cc(-c4cccc(-c5cccnc5)c4)cc(-c4cccc(-c5cccnc5)c4)c3)c2)C=C1c1cccc(-c2cc(-c3cccc(-c4cccnc4)c3)cc(-c3cccc(-c4cccnc4)c3)c2)c1. The molecule has 0 amide bonds. The van der Waals surface area contributed by atoms with Gasteiger partial charge in [-0.25, -0.2) is 0 Å². The zero-order valence-corrected chi connectivity index (χ0v) is 43.6. The van der Waals surface area contributed by atoms with Crippen molar-refractivity contribution in [3.8, 4) is 111 Å². The number of hydrogen-bond donors (Lipinski definition) is 1. The van der Waals surface area contributed by atoms with Gasteiger partial charge in [0, 0.05) is 84.1 Å². The molecule has 0 saturated carbocycles. The molecule has 13 rings (SSSR count). The lowest BCUT2D eigenvalue weighted by molar-refractivity contribution is 0.781. The molecule has 1 atom stereocenters. The molecule has 0 saturated heterocycles. The summed E-state index contributed by atoms with van der Waals surface area (Å²) in [6.45, 7) is 2.24. The molecule has 5 heteroatoms. The number of rotatable bonds is 12. The van der Waals surface area contributed by atoms with Gasteiger partial charge in [-0.3, -0.25) is 19.9 Å². The lowest BCUT2D eigenvalue weighted by Gasteiger charge is -2.24. The molecule has 79 heavy (non-hydrogen) atoms. The first kappa shape index (κ1) is 48.3. The zero-order chi connectivity index (χ0) is 52.9. The Balaban J connectivity index is 0.867. The van der Waals surface area contributed by atoms with Gasteiger partial charge in [0.05, 0.1) is 0 Å². The van der Waals surface area contributed by atoms with Crippen molar-refractivity contribution < 1.29 is 0 Å². The maximum absolute atomic E-state index is 4.42. The van der Waals surface area contributed by atoms with E-state index in [0.29, 0.717) is 0 Å². The van der Waals surface area contributed by atoms with Crippen LogP contribution in [-0.2, 0) is 0 Å². The molecule has 1 aliphatic heterocycles. The van der Waals surface area contributed by atoms with Crippen molar-refractivity contribution in [2.75, 3.05) is 0 Å². The van der Waals surface area contributed by atoms with Crippen LogP contribution in [0.1, 0.15) is 18.1 Å². The minimum absolute atomic E-state index is 0.0820. The van der Waals surface area contributed by atoms with E-state index in [1.807, 2.05) is 73.8 Å². The van der Waals surface area contributed by atoms with Crippen LogP contribution < -0.4 is 5.32 Å². The minimum atomic E-state index is 0.0820. The van der Waals surface area contributed by atoms with Gasteiger partial charge in [0.2, 0.25) is 0 Å². The number of nitrogens with zero attached hydrogens (tertiary/aromatic N) is 4. The summed E-state index contributed by atoms with van der Waals surface area (Å²) in [6, 6.07) is 83.5. The summed E-state index contributed by atoms with van der Waals surface area (Å²) < 4.78 is 0. The number of aromatic nitrogens is 4. The Hall–Kier alpha value is -10.4. The van der Waals surface area contributed by atoms with Gasteiger partial charge in [-0.05, 0) is 221 Å². The number of hydrogen-bond acceptors (Lipinski definition) is 5. The fourth-order valence-corrected chi connectivity index (χ4v) is 10.8. The summed E-state index contributed by atoms with van der Waals surface area (Å²) in [7, 11) is 0. The molecule has 5 nitrogen and oxygen atoms in total. The number of benzene rings is 8. The maximum Gasteiger partial charge on any atom is 0.0486 e. The average Bonchev–Trinajstić information content (AvgIpc) is 3.59. The van der Waals surface area contributed by atoms with Crippen LogP contribution in [0, 0.1) is 0 Å². The maximum atomic E-state index is 4.42. The predicted octanol–water partition coefficient (Wildman–Crippen LogP) is 18.4. The van der Waals surface area contributed by atoms with E-state index in [-0.39, 0.29) is 6.04 Å². The summed E-state index contributed by atoms with van der Waals surface area (Å²) in [5.74, 6) is 0.